The number of unbranched alkanes of at least 4 members (excludes halogenated alkanes) is 12. The molecule has 2 aliphatic carbocycles. The summed E-state index contributed by atoms with van der Waals surface area (Å²) in [5.74, 6) is 0. The van der Waals surface area contributed by atoms with E-state index in [4.69, 9.17) is 9.97 Å². The van der Waals surface area contributed by atoms with Crippen molar-refractivity contribution in [3.63, 3.8) is 0 Å². The number of aromatic nitrogens is 2. The first-order chi connectivity index (χ1) is 29.4. The van der Waals surface area contributed by atoms with Crippen LogP contribution in [0.25, 0.3) is 53.1 Å². The summed E-state index contributed by atoms with van der Waals surface area (Å²) < 4.78 is 0. The van der Waals surface area contributed by atoms with E-state index in [2.05, 4.69) is 114 Å². The van der Waals surface area contributed by atoms with Crippen molar-refractivity contribution in [1.29, 1.82) is 0 Å². The molecule has 6 aromatic rings. The van der Waals surface area contributed by atoms with Gasteiger partial charge in [0.2, 0.25) is 0 Å². The van der Waals surface area contributed by atoms with Gasteiger partial charge in [-0.1, -0.05) is 225 Å². The highest BCUT2D eigenvalue weighted by Gasteiger charge is 2.44. The van der Waals surface area contributed by atoms with Crippen LogP contribution in [0.15, 0.2) is 72.8 Å². The van der Waals surface area contributed by atoms with Crippen LogP contribution in [-0.2, 0) is 10.8 Å². The van der Waals surface area contributed by atoms with Gasteiger partial charge >= 0.3 is 0 Å². The van der Waals surface area contributed by atoms with E-state index in [1.54, 1.807) is 44.9 Å². The lowest BCUT2D eigenvalue weighted by Crippen LogP contribution is -2.25. The van der Waals surface area contributed by atoms with Gasteiger partial charge in [-0.25, -0.2) is 9.97 Å². The molecule has 316 valence electrons. The number of hydrogen-bond acceptors (Lipinski definition) is 4. The van der Waals surface area contributed by atoms with E-state index < -0.39 is 0 Å². The number of rotatable bonds is 22. The van der Waals surface area contributed by atoms with Crippen molar-refractivity contribution in [3.8, 4) is 43.4 Å². The molecule has 0 bridgehead atoms. The second-order valence-electron chi connectivity index (χ2n) is 18.7. The zero-order valence-corrected chi connectivity index (χ0v) is 39.4. The number of fused-ring (bicyclic) bond motifs is 7. The number of hydrogen-bond donors (Lipinski definition) is 0. The van der Waals surface area contributed by atoms with E-state index in [-0.39, 0.29) is 10.8 Å². The minimum atomic E-state index is 0.0708. The van der Waals surface area contributed by atoms with Gasteiger partial charge in [0.05, 0.1) is 0 Å². The van der Waals surface area contributed by atoms with Crippen molar-refractivity contribution < 1.29 is 0 Å². The quantitative estimate of drug-likeness (QED) is 0.0637. The maximum Gasteiger partial charge on any atom is 0.155 e. The van der Waals surface area contributed by atoms with Gasteiger partial charge in [-0.05, 0) is 96.2 Å². The maximum absolute atomic E-state index is 5.37. The average Bonchev–Trinajstić information content (AvgIpc) is 3.98. The normalized spacial score (nSPS) is 14.4. The summed E-state index contributed by atoms with van der Waals surface area (Å²) in [5, 5.41) is 2.21. The molecule has 2 nitrogen and oxygen atoms in total. The van der Waals surface area contributed by atoms with Crippen LogP contribution >= 0.6 is 22.7 Å². The van der Waals surface area contributed by atoms with Crippen LogP contribution in [0, 0.1) is 13.8 Å². The smallest absolute Gasteiger partial charge is 0.155 e. The van der Waals surface area contributed by atoms with Crippen molar-refractivity contribution in [2.24, 2.45) is 0 Å². The Labute approximate surface area is 370 Å². The highest BCUT2D eigenvalue weighted by molar-refractivity contribution is 7.29. The molecule has 2 aliphatic rings. The van der Waals surface area contributed by atoms with Crippen LogP contribution in [0.3, 0.4) is 0 Å². The molecule has 4 aromatic carbocycles. The molecule has 0 spiro atoms. The maximum atomic E-state index is 5.37. The Bertz CT molecular complexity index is 2170. The molecule has 2 aromatic heterocycles. The summed E-state index contributed by atoms with van der Waals surface area (Å²) in [7, 11) is 0. The topological polar surface area (TPSA) is 25.8 Å². The molecule has 0 aliphatic heterocycles. The first-order valence-electron chi connectivity index (χ1n) is 24.2. The molecule has 2 heterocycles. The van der Waals surface area contributed by atoms with Crippen molar-refractivity contribution in [3.05, 3.63) is 106 Å². The van der Waals surface area contributed by atoms with Gasteiger partial charge in [0.1, 0.15) is 10.0 Å². The average molecular weight is 835 g/mol. The van der Waals surface area contributed by atoms with Crippen LogP contribution < -0.4 is 0 Å². The lowest BCUT2D eigenvalue weighted by Gasteiger charge is -2.33. The van der Waals surface area contributed by atoms with Gasteiger partial charge in [0, 0.05) is 22.0 Å². The van der Waals surface area contributed by atoms with Gasteiger partial charge in [0.25, 0.3) is 0 Å². The van der Waals surface area contributed by atoms with E-state index >= 15 is 0 Å². The molecule has 0 radical (unpaired) electrons. The second-order valence-corrected chi connectivity index (χ2v) is 20.6. The number of thiazole rings is 2. The largest absolute Gasteiger partial charge is 0.223 e. The Kier molecular flexibility index (Phi) is 13.8. The number of benzene rings is 4. The summed E-state index contributed by atoms with van der Waals surface area (Å²) in [6, 6.07) is 29.2. The zero-order chi connectivity index (χ0) is 41.7. The third-order valence-electron chi connectivity index (χ3n) is 14.3. The third-order valence-corrected chi connectivity index (χ3v) is 16.5. The molecule has 0 saturated carbocycles. The molecule has 0 atom stereocenters. The Balaban J connectivity index is 1.14. The van der Waals surface area contributed by atoms with E-state index in [0.29, 0.717) is 0 Å². The molecule has 0 saturated heterocycles. The molecule has 60 heavy (non-hydrogen) atoms. The van der Waals surface area contributed by atoms with Gasteiger partial charge in [0.15, 0.2) is 9.66 Å². The zero-order valence-electron chi connectivity index (χ0n) is 37.8. The van der Waals surface area contributed by atoms with E-state index in [1.807, 2.05) is 0 Å². The van der Waals surface area contributed by atoms with Crippen LogP contribution in [0.5, 0.6) is 0 Å². The molecule has 8 rings (SSSR count). The third kappa shape index (κ3) is 8.34. The van der Waals surface area contributed by atoms with Gasteiger partial charge in [-0.15, -0.1) is 0 Å². The summed E-state index contributed by atoms with van der Waals surface area (Å²) >= 11 is 3.57. The van der Waals surface area contributed by atoms with Crippen LogP contribution in [0.1, 0.15) is 189 Å². The lowest BCUT2D eigenvalue weighted by atomic mass is 9.70. The Morgan fingerprint density at radius 3 is 1.03 bits per heavy atom. The first-order valence-corrected chi connectivity index (χ1v) is 25.8. The molecular formula is C56H70N2S2. The van der Waals surface area contributed by atoms with Gasteiger partial charge in [-0.2, -0.15) is 0 Å². The fourth-order valence-corrected chi connectivity index (χ4v) is 13.1. The summed E-state index contributed by atoms with van der Waals surface area (Å²) in [5.41, 5.74) is 17.4. The first kappa shape index (κ1) is 43.1. The molecule has 0 amide bonds. The Hall–Kier alpha value is -3.60. The highest BCUT2D eigenvalue weighted by atomic mass is 32.1. The molecule has 0 N–H and O–H groups in total. The fraction of sp³-hybridized carbons (Fsp3) is 0.500. The van der Waals surface area contributed by atoms with Gasteiger partial charge < -0.3 is 0 Å². The van der Waals surface area contributed by atoms with Crippen molar-refractivity contribution in [1.82, 2.24) is 9.97 Å². The summed E-state index contributed by atoms with van der Waals surface area (Å²) in [6.45, 7) is 13.9. The van der Waals surface area contributed by atoms with Crippen LogP contribution in [0.2, 0.25) is 0 Å². The highest BCUT2D eigenvalue weighted by Crippen LogP contribution is 2.57. The molecule has 0 unspecified atom stereocenters. The van der Waals surface area contributed by atoms with Crippen LogP contribution in [0.4, 0.5) is 0 Å². The van der Waals surface area contributed by atoms with Crippen molar-refractivity contribution in [2.45, 2.75) is 181 Å². The predicted octanol–water partition coefficient (Wildman–Crippen LogP) is 18.1. The van der Waals surface area contributed by atoms with Gasteiger partial charge in [-0.3, -0.25) is 0 Å². The van der Waals surface area contributed by atoms with Crippen molar-refractivity contribution >= 4 is 32.3 Å². The van der Waals surface area contributed by atoms with E-state index in [9.17, 15) is 0 Å². The Morgan fingerprint density at radius 1 is 0.383 bits per heavy atom. The molecule has 4 heteroatoms. The SMILES string of the molecule is CCCCCCC1(CCCCCC)c2cc(C)ccc2-c2ccc(-c3nc4sc(-c5ccc6c(c5)C(CCCCCC)(CCCCCC)c5cc(C)ccc5-6)nc4s3)cc21. The fourth-order valence-electron chi connectivity index (χ4n) is 11.1. The molecule has 0 fully saturated rings. The lowest BCUT2D eigenvalue weighted by molar-refractivity contribution is 0.401. The second kappa shape index (κ2) is 19.2. The predicted molar refractivity (Wildman–Crippen MR) is 263 cm³/mol. The van der Waals surface area contributed by atoms with Crippen molar-refractivity contribution in [2.75, 3.05) is 0 Å². The van der Waals surface area contributed by atoms with E-state index in [1.165, 1.54) is 173 Å². The number of nitrogens with zero attached hydrogens (tertiary/aromatic N) is 2. The minimum absolute atomic E-state index is 0.0708. The number of aryl methyl sites for hydroxylation is 2. The Morgan fingerprint density at radius 2 is 0.700 bits per heavy atom. The molecular weight excluding hydrogens is 765 g/mol. The minimum Gasteiger partial charge on any atom is -0.223 e. The van der Waals surface area contributed by atoms with E-state index in [0.717, 1.165) is 19.7 Å². The monoisotopic (exact) mass is 834 g/mol. The standard InChI is InChI=1S/C56H70N2S2/c1-7-11-15-19-31-55(32-20-16-12-8-2)47-35-39(5)23-27-43(47)45-29-25-41(37-49(45)55)51-57-53-54(59-51)58-52(60-53)42-26-30-46-44-28-24-40(6)36-48(44)56(50(46)38-42,33-21-17-13-9-3)34-22-18-14-10-4/h23-30,35-38H,7-22,31-34H2,1-6H3. The summed E-state index contributed by atoms with van der Waals surface area (Å²) in [4.78, 5) is 12.9. The summed E-state index contributed by atoms with van der Waals surface area (Å²) in [6.07, 6.45) is 25.7. The van der Waals surface area contributed by atoms with Crippen LogP contribution in [-0.4, -0.2) is 9.97 Å².